The molecule has 0 saturated heterocycles. The molecule has 2 nitrogen and oxygen atoms in total. The molecule has 0 amide bonds. The zero-order valence-electron chi connectivity index (χ0n) is 12.3. The van der Waals surface area contributed by atoms with Crippen molar-refractivity contribution in [2.45, 2.75) is 50.4 Å². The second-order valence-corrected chi connectivity index (χ2v) is 7.05. The maximum Gasteiger partial charge on any atom is 0.0925 e. The van der Waals surface area contributed by atoms with Crippen molar-refractivity contribution in [1.29, 1.82) is 0 Å². The van der Waals surface area contributed by atoms with E-state index in [1.54, 1.807) is 11.3 Å². The molecule has 20 heavy (non-hydrogen) atoms. The van der Waals surface area contributed by atoms with E-state index in [1.165, 1.54) is 21.2 Å². The highest BCUT2D eigenvalue weighted by Gasteiger charge is 2.03. The monoisotopic (exact) mass is 306 g/mol. The lowest BCUT2D eigenvalue weighted by molar-refractivity contribution is 0.588. The Bertz CT molecular complexity index is 535. The Kier molecular flexibility index (Phi) is 6.07. The second-order valence-electron chi connectivity index (χ2n) is 5.06. The van der Waals surface area contributed by atoms with Gasteiger partial charge in [-0.3, -0.25) is 0 Å². The molecule has 0 radical (unpaired) electrons. The van der Waals surface area contributed by atoms with Crippen molar-refractivity contribution in [2.75, 3.05) is 0 Å². The van der Waals surface area contributed by atoms with Crippen LogP contribution in [0.2, 0.25) is 0 Å². The summed E-state index contributed by atoms with van der Waals surface area (Å²) in [4.78, 5) is 5.93. The predicted molar refractivity (Wildman–Crippen MR) is 89.5 cm³/mol. The van der Waals surface area contributed by atoms with E-state index in [-0.39, 0.29) is 0 Å². The Morgan fingerprint density at radius 2 is 2.20 bits per heavy atom. The van der Waals surface area contributed by atoms with E-state index in [0.717, 1.165) is 18.7 Å². The standard InChI is InChI=1S/C16H22N2S2/c1-4-16-18-14(11-20-16)10-19-15-7-5-6-13(8-15)9-17-12(2)3/h5-8,11-12,17H,4,9-10H2,1-3H3. The first-order valence-corrected chi connectivity index (χ1v) is 8.92. The third-order valence-corrected chi connectivity index (χ3v) is 4.97. The lowest BCUT2D eigenvalue weighted by atomic mass is 10.2. The van der Waals surface area contributed by atoms with Gasteiger partial charge in [0.2, 0.25) is 0 Å². The van der Waals surface area contributed by atoms with Crippen molar-refractivity contribution in [3.63, 3.8) is 0 Å². The summed E-state index contributed by atoms with van der Waals surface area (Å²) in [7, 11) is 0. The van der Waals surface area contributed by atoms with Gasteiger partial charge in [-0.25, -0.2) is 4.98 Å². The van der Waals surface area contributed by atoms with Crippen LogP contribution in [0.25, 0.3) is 0 Å². The Morgan fingerprint density at radius 3 is 2.90 bits per heavy atom. The van der Waals surface area contributed by atoms with Crippen LogP contribution >= 0.6 is 23.1 Å². The number of rotatable bonds is 7. The minimum atomic E-state index is 0.522. The normalized spacial score (nSPS) is 11.2. The number of aryl methyl sites for hydroxylation is 1. The fourth-order valence-electron chi connectivity index (χ4n) is 1.80. The van der Waals surface area contributed by atoms with Crippen LogP contribution in [0.3, 0.4) is 0 Å². The summed E-state index contributed by atoms with van der Waals surface area (Å²) in [6, 6.07) is 9.29. The Morgan fingerprint density at radius 1 is 1.35 bits per heavy atom. The van der Waals surface area contributed by atoms with E-state index < -0.39 is 0 Å². The smallest absolute Gasteiger partial charge is 0.0925 e. The van der Waals surface area contributed by atoms with Crippen molar-refractivity contribution in [3.8, 4) is 0 Å². The first kappa shape index (κ1) is 15.5. The summed E-state index contributed by atoms with van der Waals surface area (Å²) in [5.41, 5.74) is 2.54. The third kappa shape index (κ3) is 4.93. The van der Waals surface area contributed by atoms with E-state index in [4.69, 9.17) is 0 Å². The van der Waals surface area contributed by atoms with Crippen LogP contribution < -0.4 is 5.32 Å². The minimum absolute atomic E-state index is 0.522. The van der Waals surface area contributed by atoms with Gasteiger partial charge in [-0.05, 0) is 24.1 Å². The average molecular weight is 306 g/mol. The number of nitrogens with zero attached hydrogens (tertiary/aromatic N) is 1. The molecule has 1 N–H and O–H groups in total. The fraction of sp³-hybridized carbons (Fsp3) is 0.438. The van der Waals surface area contributed by atoms with Gasteiger partial charge in [-0.1, -0.05) is 32.9 Å². The van der Waals surface area contributed by atoms with Gasteiger partial charge in [-0.15, -0.1) is 23.1 Å². The zero-order valence-corrected chi connectivity index (χ0v) is 14.0. The molecule has 0 atom stereocenters. The van der Waals surface area contributed by atoms with Crippen molar-refractivity contribution in [3.05, 3.63) is 45.9 Å². The fourth-order valence-corrected chi connectivity index (χ4v) is 3.52. The Hall–Kier alpha value is -0.840. The highest BCUT2D eigenvalue weighted by atomic mass is 32.2. The number of aromatic nitrogens is 1. The molecule has 0 fully saturated rings. The third-order valence-electron chi connectivity index (χ3n) is 2.90. The zero-order chi connectivity index (χ0) is 14.4. The van der Waals surface area contributed by atoms with Crippen molar-refractivity contribution < 1.29 is 0 Å². The summed E-state index contributed by atoms with van der Waals surface area (Å²) in [6.07, 6.45) is 1.03. The maximum atomic E-state index is 4.61. The minimum Gasteiger partial charge on any atom is -0.310 e. The average Bonchev–Trinajstić information content (AvgIpc) is 2.91. The number of thioether (sulfide) groups is 1. The molecule has 0 aliphatic rings. The Balaban J connectivity index is 1.90. The van der Waals surface area contributed by atoms with Gasteiger partial charge >= 0.3 is 0 Å². The highest BCUT2D eigenvalue weighted by Crippen LogP contribution is 2.24. The molecular formula is C16H22N2S2. The van der Waals surface area contributed by atoms with Crippen LogP contribution in [0.15, 0.2) is 34.5 Å². The second kappa shape index (κ2) is 7.81. The van der Waals surface area contributed by atoms with Crippen LogP contribution in [0.1, 0.15) is 37.0 Å². The number of benzene rings is 1. The van der Waals surface area contributed by atoms with Crippen LogP contribution in [0, 0.1) is 0 Å². The molecule has 0 bridgehead atoms. The van der Waals surface area contributed by atoms with E-state index in [0.29, 0.717) is 6.04 Å². The van der Waals surface area contributed by atoms with Crippen LogP contribution in [-0.4, -0.2) is 11.0 Å². The summed E-state index contributed by atoms with van der Waals surface area (Å²) >= 11 is 3.63. The van der Waals surface area contributed by atoms with Gasteiger partial charge in [0.05, 0.1) is 10.7 Å². The highest BCUT2D eigenvalue weighted by molar-refractivity contribution is 7.98. The Labute approximate surface area is 130 Å². The molecule has 0 unspecified atom stereocenters. The first-order chi connectivity index (χ1) is 9.67. The van der Waals surface area contributed by atoms with Crippen molar-refractivity contribution in [2.24, 2.45) is 0 Å². The van der Waals surface area contributed by atoms with Crippen LogP contribution in [0.4, 0.5) is 0 Å². The maximum absolute atomic E-state index is 4.61. The molecule has 1 heterocycles. The van der Waals surface area contributed by atoms with Gasteiger partial charge in [0, 0.05) is 28.6 Å². The van der Waals surface area contributed by atoms with Gasteiger partial charge in [0.1, 0.15) is 0 Å². The van der Waals surface area contributed by atoms with Gasteiger partial charge in [0.25, 0.3) is 0 Å². The summed E-state index contributed by atoms with van der Waals surface area (Å²) in [5, 5.41) is 6.86. The van der Waals surface area contributed by atoms with E-state index in [2.05, 4.69) is 60.7 Å². The quantitative estimate of drug-likeness (QED) is 0.763. The number of nitrogens with one attached hydrogen (secondary N) is 1. The SMILES string of the molecule is CCc1nc(CSc2cccc(CNC(C)C)c2)cs1. The van der Waals surface area contributed by atoms with Crippen molar-refractivity contribution in [1.82, 2.24) is 10.3 Å². The van der Waals surface area contributed by atoms with E-state index in [9.17, 15) is 0 Å². The van der Waals surface area contributed by atoms with Gasteiger partial charge in [-0.2, -0.15) is 0 Å². The molecular weight excluding hydrogens is 284 g/mol. The number of hydrogen-bond donors (Lipinski definition) is 1. The summed E-state index contributed by atoms with van der Waals surface area (Å²) in [5.74, 6) is 0.956. The van der Waals surface area contributed by atoms with Crippen LogP contribution in [-0.2, 0) is 18.7 Å². The molecule has 1 aromatic heterocycles. The summed E-state index contributed by atoms with van der Waals surface area (Å²) in [6.45, 7) is 7.43. The molecule has 1 aromatic carbocycles. The molecule has 2 aromatic rings. The topological polar surface area (TPSA) is 24.9 Å². The largest absolute Gasteiger partial charge is 0.310 e. The molecule has 0 saturated carbocycles. The number of thiazole rings is 1. The molecule has 0 aliphatic heterocycles. The van der Waals surface area contributed by atoms with Gasteiger partial charge < -0.3 is 5.32 Å². The molecule has 2 rings (SSSR count). The predicted octanol–water partition coefficient (Wildman–Crippen LogP) is 4.50. The lowest BCUT2D eigenvalue weighted by Crippen LogP contribution is -2.21. The summed E-state index contributed by atoms with van der Waals surface area (Å²) < 4.78 is 0. The number of hydrogen-bond acceptors (Lipinski definition) is 4. The lowest BCUT2D eigenvalue weighted by Gasteiger charge is -2.09. The van der Waals surface area contributed by atoms with Crippen LogP contribution in [0.5, 0.6) is 0 Å². The van der Waals surface area contributed by atoms with Gasteiger partial charge in [0.15, 0.2) is 0 Å². The molecule has 108 valence electrons. The first-order valence-electron chi connectivity index (χ1n) is 7.05. The van der Waals surface area contributed by atoms with Crippen molar-refractivity contribution >= 4 is 23.1 Å². The molecule has 0 spiro atoms. The molecule has 4 heteroatoms. The van der Waals surface area contributed by atoms with E-state index >= 15 is 0 Å². The molecule has 0 aliphatic carbocycles. The van der Waals surface area contributed by atoms with E-state index in [1.807, 2.05) is 11.8 Å².